The van der Waals surface area contributed by atoms with Gasteiger partial charge in [0.05, 0.1) is 6.90 Å². The summed E-state index contributed by atoms with van der Waals surface area (Å²) in [6.07, 6.45) is 0. The van der Waals surface area contributed by atoms with Crippen LogP contribution in [0.1, 0.15) is 17.3 Å². The molecule has 0 spiro atoms. The third kappa shape index (κ3) is 1.31. The minimum absolute atomic E-state index is 0.162. The van der Waals surface area contributed by atoms with Gasteiger partial charge in [0.2, 0.25) is 0 Å². The molecule has 0 aliphatic heterocycles. The fourth-order valence-corrected chi connectivity index (χ4v) is 4.54. The van der Waals surface area contributed by atoms with Crippen molar-refractivity contribution in [3.05, 3.63) is 19.9 Å². The lowest BCUT2D eigenvalue weighted by Crippen LogP contribution is -1.87. The molecule has 0 aromatic carbocycles. The summed E-state index contributed by atoms with van der Waals surface area (Å²) in [5.41, 5.74) is 0.870. The predicted molar refractivity (Wildman–Crippen MR) is 62.4 cm³/mol. The van der Waals surface area contributed by atoms with E-state index in [-0.39, 0.29) is 5.78 Å². The lowest BCUT2D eigenvalue weighted by Gasteiger charge is -1.85. The zero-order valence-electron chi connectivity index (χ0n) is 6.26. The van der Waals surface area contributed by atoms with Gasteiger partial charge in [0.25, 0.3) is 0 Å². The van der Waals surface area contributed by atoms with Gasteiger partial charge in [-0.15, -0.1) is 22.7 Å². The third-order valence-corrected chi connectivity index (χ3v) is 4.64. The number of hydrogen-bond donors (Lipinski definition) is 0. The van der Waals surface area contributed by atoms with E-state index in [9.17, 15) is 4.79 Å². The van der Waals surface area contributed by atoms with Crippen LogP contribution in [0.4, 0.5) is 0 Å². The van der Waals surface area contributed by atoms with E-state index in [4.69, 9.17) is 0 Å². The first-order chi connectivity index (χ1) is 5.68. The van der Waals surface area contributed by atoms with Crippen molar-refractivity contribution in [3.63, 3.8) is 0 Å². The average molecular weight is 308 g/mol. The fraction of sp³-hybridized carbons (Fsp3) is 0.125. The number of fused-ring (bicyclic) bond motifs is 1. The molecule has 0 atom stereocenters. The standard InChI is InChI=1S/C8H5IOS2/c1-4(10)6-3-11-8-5(6)2-7(9)12-8/h2-3H,1H3. The first-order valence-corrected chi connectivity index (χ1v) is 6.13. The molecule has 62 valence electrons. The van der Waals surface area contributed by atoms with Gasteiger partial charge in [0.15, 0.2) is 5.78 Å². The molecule has 0 saturated carbocycles. The maximum Gasteiger partial charge on any atom is 0.161 e. The predicted octanol–water partition coefficient (Wildman–Crippen LogP) is 3.77. The van der Waals surface area contributed by atoms with Crippen molar-refractivity contribution in [2.24, 2.45) is 0 Å². The molecule has 0 bridgehead atoms. The van der Waals surface area contributed by atoms with Crippen LogP contribution in [0.15, 0.2) is 11.4 Å². The molecule has 0 radical (unpaired) electrons. The second-order valence-electron chi connectivity index (χ2n) is 2.46. The zero-order valence-corrected chi connectivity index (χ0v) is 10.0. The molecular weight excluding hydrogens is 303 g/mol. The number of hydrogen-bond acceptors (Lipinski definition) is 3. The first kappa shape index (κ1) is 8.65. The summed E-state index contributed by atoms with van der Waals surface area (Å²) < 4.78 is 2.50. The summed E-state index contributed by atoms with van der Waals surface area (Å²) in [4.78, 5) is 11.1. The van der Waals surface area contributed by atoms with Crippen LogP contribution in [-0.4, -0.2) is 5.78 Å². The Morgan fingerprint density at radius 2 is 2.33 bits per heavy atom. The number of rotatable bonds is 1. The highest BCUT2D eigenvalue weighted by molar-refractivity contribution is 14.1. The molecule has 0 fully saturated rings. The Labute approximate surface area is 91.5 Å². The van der Waals surface area contributed by atoms with Crippen LogP contribution in [0.5, 0.6) is 0 Å². The van der Waals surface area contributed by atoms with Crippen molar-refractivity contribution in [2.45, 2.75) is 6.92 Å². The van der Waals surface area contributed by atoms with Gasteiger partial charge in [0, 0.05) is 16.3 Å². The van der Waals surface area contributed by atoms with Crippen LogP contribution in [-0.2, 0) is 0 Å². The molecule has 0 aliphatic rings. The van der Waals surface area contributed by atoms with E-state index < -0.39 is 0 Å². The van der Waals surface area contributed by atoms with Crippen molar-refractivity contribution in [1.29, 1.82) is 0 Å². The van der Waals surface area contributed by atoms with Crippen molar-refractivity contribution < 1.29 is 4.79 Å². The largest absolute Gasteiger partial charge is 0.294 e. The van der Waals surface area contributed by atoms with Crippen LogP contribution >= 0.6 is 45.3 Å². The zero-order chi connectivity index (χ0) is 8.72. The summed E-state index contributed by atoms with van der Waals surface area (Å²) in [5, 5.41) is 3.07. The summed E-state index contributed by atoms with van der Waals surface area (Å²) in [6, 6.07) is 2.08. The highest BCUT2D eigenvalue weighted by atomic mass is 127. The van der Waals surface area contributed by atoms with E-state index in [1.165, 1.54) is 6.90 Å². The summed E-state index contributed by atoms with van der Waals surface area (Å²) in [7, 11) is 0. The molecule has 0 unspecified atom stereocenters. The smallest absolute Gasteiger partial charge is 0.161 e. The van der Waals surface area contributed by atoms with Crippen molar-refractivity contribution in [2.75, 3.05) is 0 Å². The highest BCUT2D eigenvalue weighted by Crippen LogP contribution is 2.34. The van der Waals surface area contributed by atoms with Crippen LogP contribution in [0.2, 0.25) is 0 Å². The Morgan fingerprint density at radius 1 is 1.58 bits per heavy atom. The topological polar surface area (TPSA) is 17.1 Å². The molecule has 0 aliphatic carbocycles. The van der Waals surface area contributed by atoms with Gasteiger partial charge in [-0.05, 0) is 35.6 Å². The van der Waals surface area contributed by atoms with Gasteiger partial charge in [0.1, 0.15) is 0 Å². The van der Waals surface area contributed by atoms with Gasteiger partial charge in [-0.1, -0.05) is 0 Å². The molecule has 4 heteroatoms. The normalized spacial score (nSPS) is 10.8. The molecular formula is C8H5IOS2. The number of thiophene rings is 2. The molecule has 2 heterocycles. The minimum Gasteiger partial charge on any atom is -0.294 e. The van der Waals surface area contributed by atoms with Crippen molar-refractivity contribution in [1.82, 2.24) is 0 Å². The van der Waals surface area contributed by atoms with Crippen LogP contribution < -0.4 is 0 Å². The van der Waals surface area contributed by atoms with Crippen LogP contribution in [0.25, 0.3) is 9.40 Å². The third-order valence-electron chi connectivity index (χ3n) is 1.62. The SMILES string of the molecule is CC(=O)c1csc2sc(I)cc12. The van der Waals surface area contributed by atoms with Gasteiger partial charge in [-0.2, -0.15) is 0 Å². The Hall–Kier alpha value is 0.0600. The monoisotopic (exact) mass is 308 g/mol. The first-order valence-electron chi connectivity index (χ1n) is 3.36. The van der Waals surface area contributed by atoms with Crippen LogP contribution in [0, 0.1) is 2.88 Å². The molecule has 1 nitrogen and oxygen atoms in total. The number of halogens is 1. The lowest BCUT2D eigenvalue weighted by molar-refractivity contribution is 0.101. The van der Waals surface area contributed by atoms with Crippen LogP contribution in [0.3, 0.4) is 0 Å². The number of carbonyl (C=O) groups is 1. The maximum absolute atomic E-state index is 11.1. The Bertz CT molecular complexity index is 441. The molecule has 2 aromatic heterocycles. The molecule has 0 saturated heterocycles. The van der Waals surface area contributed by atoms with E-state index >= 15 is 0 Å². The van der Waals surface area contributed by atoms with E-state index in [1.807, 2.05) is 5.38 Å². The summed E-state index contributed by atoms with van der Waals surface area (Å²) >= 11 is 5.68. The summed E-state index contributed by atoms with van der Waals surface area (Å²) in [5.74, 6) is 0.162. The lowest BCUT2D eigenvalue weighted by atomic mass is 10.2. The number of ketones is 1. The molecule has 0 N–H and O–H groups in total. The highest BCUT2D eigenvalue weighted by Gasteiger charge is 2.10. The van der Waals surface area contributed by atoms with Crippen molar-refractivity contribution in [3.8, 4) is 0 Å². The van der Waals surface area contributed by atoms with Gasteiger partial charge < -0.3 is 0 Å². The molecule has 2 aromatic rings. The van der Waals surface area contributed by atoms with E-state index in [2.05, 4.69) is 28.7 Å². The Morgan fingerprint density at radius 3 is 3.00 bits per heavy atom. The van der Waals surface area contributed by atoms with Gasteiger partial charge in [-0.3, -0.25) is 4.79 Å². The fourth-order valence-electron chi connectivity index (χ4n) is 1.07. The second kappa shape index (κ2) is 3.08. The number of Topliss-reactive ketones (excluding diaryl/α,β-unsaturated/α-hetero) is 1. The molecule has 12 heavy (non-hydrogen) atoms. The van der Waals surface area contributed by atoms with E-state index in [0.717, 1.165) is 10.9 Å². The maximum atomic E-state index is 11.1. The second-order valence-corrected chi connectivity index (χ2v) is 6.54. The summed E-state index contributed by atoms with van der Waals surface area (Å²) in [6.45, 7) is 1.62. The van der Waals surface area contributed by atoms with E-state index in [1.54, 1.807) is 29.6 Å². The molecule has 0 amide bonds. The molecule has 2 rings (SSSR count). The van der Waals surface area contributed by atoms with Gasteiger partial charge >= 0.3 is 0 Å². The Balaban J connectivity index is 2.76. The minimum atomic E-state index is 0.162. The Kier molecular flexibility index (Phi) is 2.22. The quantitative estimate of drug-likeness (QED) is 0.579. The number of carbonyl (C=O) groups excluding carboxylic acids is 1. The average Bonchev–Trinajstić information content (AvgIpc) is 2.43. The van der Waals surface area contributed by atoms with Gasteiger partial charge in [-0.25, -0.2) is 0 Å². The van der Waals surface area contributed by atoms with E-state index in [0.29, 0.717) is 0 Å². The van der Waals surface area contributed by atoms with Crippen molar-refractivity contribution >= 4 is 60.4 Å².